The molecule has 1 saturated heterocycles. The quantitative estimate of drug-likeness (QED) is 0.665. The van der Waals surface area contributed by atoms with Crippen LogP contribution in [0.1, 0.15) is 39.0 Å². The molecule has 2 amide bonds. The summed E-state index contributed by atoms with van der Waals surface area (Å²) in [7, 11) is 0. The van der Waals surface area contributed by atoms with Crippen molar-refractivity contribution in [3.63, 3.8) is 0 Å². The topological polar surface area (TPSA) is 75.7 Å². The van der Waals surface area contributed by atoms with Gasteiger partial charge in [0.2, 0.25) is 11.8 Å². The SMILES string of the molecule is CCOC(=O)C1(C(=O)Nc2cccc(N3CCCC3=O)c2)CCC1. The summed E-state index contributed by atoms with van der Waals surface area (Å²) >= 11 is 0. The lowest BCUT2D eigenvalue weighted by Gasteiger charge is -2.37. The highest BCUT2D eigenvalue weighted by atomic mass is 16.5. The Balaban J connectivity index is 1.74. The van der Waals surface area contributed by atoms with Crippen molar-refractivity contribution in [1.82, 2.24) is 0 Å². The molecule has 3 rings (SSSR count). The Bertz CT molecular complexity index is 667. The van der Waals surface area contributed by atoms with Crippen molar-refractivity contribution in [2.75, 3.05) is 23.4 Å². The number of carbonyl (C=O) groups is 3. The van der Waals surface area contributed by atoms with Crippen LogP contribution in [0, 0.1) is 5.41 Å². The van der Waals surface area contributed by atoms with Crippen molar-refractivity contribution in [3.8, 4) is 0 Å². The Hall–Kier alpha value is -2.37. The predicted octanol–water partition coefficient (Wildman–Crippen LogP) is 2.49. The number of benzene rings is 1. The smallest absolute Gasteiger partial charge is 0.321 e. The van der Waals surface area contributed by atoms with E-state index in [1.165, 1.54) is 0 Å². The van der Waals surface area contributed by atoms with E-state index in [1.807, 2.05) is 6.07 Å². The number of amides is 2. The molecule has 1 aromatic rings. The van der Waals surface area contributed by atoms with Crippen LogP contribution in [0.5, 0.6) is 0 Å². The second-order valence-electron chi connectivity index (χ2n) is 6.31. The van der Waals surface area contributed by atoms with Crippen molar-refractivity contribution < 1.29 is 19.1 Å². The standard InChI is InChI=1S/C18H22N2O4/c1-2-24-17(23)18(9-5-10-18)16(22)19-13-6-3-7-14(12-13)20-11-4-8-15(20)21/h3,6-7,12H,2,4-5,8-11H2,1H3,(H,19,22). The Morgan fingerprint density at radius 2 is 2.08 bits per heavy atom. The largest absolute Gasteiger partial charge is 0.465 e. The van der Waals surface area contributed by atoms with Gasteiger partial charge < -0.3 is 15.0 Å². The van der Waals surface area contributed by atoms with Gasteiger partial charge in [0.25, 0.3) is 0 Å². The molecule has 128 valence electrons. The van der Waals surface area contributed by atoms with Crippen LogP contribution in [0.2, 0.25) is 0 Å². The van der Waals surface area contributed by atoms with Gasteiger partial charge in [0.15, 0.2) is 0 Å². The maximum atomic E-state index is 12.6. The molecule has 2 fully saturated rings. The van der Waals surface area contributed by atoms with E-state index in [0.717, 1.165) is 18.5 Å². The monoisotopic (exact) mass is 330 g/mol. The van der Waals surface area contributed by atoms with E-state index in [4.69, 9.17) is 4.74 Å². The van der Waals surface area contributed by atoms with Crippen LogP contribution in [0.15, 0.2) is 24.3 Å². The maximum absolute atomic E-state index is 12.6. The molecule has 1 N–H and O–H groups in total. The first-order chi connectivity index (χ1) is 11.6. The van der Waals surface area contributed by atoms with Crippen LogP contribution in [0.25, 0.3) is 0 Å². The van der Waals surface area contributed by atoms with Crippen LogP contribution in [0.4, 0.5) is 11.4 Å². The molecule has 6 nitrogen and oxygen atoms in total. The van der Waals surface area contributed by atoms with Gasteiger partial charge in [-0.2, -0.15) is 0 Å². The number of ether oxygens (including phenoxy) is 1. The molecule has 1 aliphatic heterocycles. The number of nitrogens with one attached hydrogen (secondary N) is 1. The number of esters is 1. The minimum Gasteiger partial charge on any atom is -0.465 e. The zero-order valence-corrected chi connectivity index (χ0v) is 13.8. The lowest BCUT2D eigenvalue weighted by atomic mass is 9.68. The molecule has 1 heterocycles. The van der Waals surface area contributed by atoms with Gasteiger partial charge in [-0.25, -0.2) is 0 Å². The van der Waals surface area contributed by atoms with Gasteiger partial charge in [-0.1, -0.05) is 12.5 Å². The van der Waals surface area contributed by atoms with Crippen LogP contribution in [0.3, 0.4) is 0 Å². The van der Waals surface area contributed by atoms with E-state index < -0.39 is 11.4 Å². The number of hydrogen-bond donors (Lipinski definition) is 1. The predicted molar refractivity (Wildman–Crippen MR) is 89.6 cm³/mol. The Morgan fingerprint density at radius 3 is 2.67 bits per heavy atom. The van der Waals surface area contributed by atoms with Gasteiger partial charge in [0.1, 0.15) is 5.41 Å². The molecule has 0 bridgehead atoms. The molecular weight excluding hydrogens is 308 g/mol. The van der Waals surface area contributed by atoms with Gasteiger partial charge in [0, 0.05) is 24.3 Å². The average Bonchev–Trinajstić information content (AvgIpc) is 2.93. The maximum Gasteiger partial charge on any atom is 0.321 e. The summed E-state index contributed by atoms with van der Waals surface area (Å²) in [5, 5.41) is 2.82. The molecule has 0 aromatic heterocycles. The number of rotatable bonds is 5. The molecule has 0 atom stereocenters. The van der Waals surface area contributed by atoms with Gasteiger partial charge in [0.05, 0.1) is 6.61 Å². The van der Waals surface area contributed by atoms with E-state index in [2.05, 4.69) is 5.32 Å². The number of hydrogen-bond acceptors (Lipinski definition) is 4. The number of carbonyl (C=O) groups excluding carboxylic acids is 3. The van der Waals surface area contributed by atoms with Crippen molar-refractivity contribution in [1.29, 1.82) is 0 Å². The third kappa shape index (κ3) is 2.88. The lowest BCUT2D eigenvalue weighted by Crippen LogP contribution is -2.49. The summed E-state index contributed by atoms with van der Waals surface area (Å²) in [6.45, 7) is 2.70. The van der Waals surface area contributed by atoms with Crippen LogP contribution in [-0.2, 0) is 19.1 Å². The third-order valence-corrected chi connectivity index (χ3v) is 4.80. The normalized spacial score (nSPS) is 18.9. The molecular formula is C18H22N2O4. The summed E-state index contributed by atoms with van der Waals surface area (Å²) in [4.78, 5) is 38.4. The van der Waals surface area contributed by atoms with Crippen molar-refractivity contribution in [2.24, 2.45) is 5.41 Å². The van der Waals surface area contributed by atoms with Crippen molar-refractivity contribution >= 4 is 29.2 Å². The summed E-state index contributed by atoms with van der Waals surface area (Å²) in [5.41, 5.74) is 0.303. The lowest BCUT2D eigenvalue weighted by molar-refractivity contribution is -0.165. The molecule has 1 saturated carbocycles. The molecule has 0 unspecified atom stereocenters. The first-order valence-corrected chi connectivity index (χ1v) is 8.46. The zero-order valence-electron chi connectivity index (χ0n) is 13.8. The fraction of sp³-hybridized carbons (Fsp3) is 0.500. The average molecular weight is 330 g/mol. The number of anilines is 2. The van der Waals surface area contributed by atoms with E-state index >= 15 is 0 Å². The van der Waals surface area contributed by atoms with Gasteiger partial charge in [-0.15, -0.1) is 0 Å². The second-order valence-corrected chi connectivity index (χ2v) is 6.31. The fourth-order valence-corrected chi connectivity index (χ4v) is 3.25. The Morgan fingerprint density at radius 1 is 1.29 bits per heavy atom. The molecule has 0 spiro atoms. The van der Waals surface area contributed by atoms with Gasteiger partial charge in [-0.3, -0.25) is 14.4 Å². The van der Waals surface area contributed by atoms with Crippen LogP contribution >= 0.6 is 0 Å². The highest BCUT2D eigenvalue weighted by Gasteiger charge is 2.52. The van der Waals surface area contributed by atoms with E-state index in [9.17, 15) is 14.4 Å². The van der Waals surface area contributed by atoms with Gasteiger partial charge in [-0.05, 0) is 44.4 Å². The highest BCUT2D eigenvalue weighted by Crippen LogP contribution is 2.43. The van der Waals surface area contributed by atoms with Crippen molar-refractivity contribution in [2.45, 2.75) is 39.0 Å². The molecule has 1 aliphatic carbocycles. The zero-order chi connectivity index (χ0) is 17.2. The Kier molecular flexibility index (Phi) is 4.55. The van der Waals surface area contributed by atoms with E-state index in [1.54, 1.807) is 30.0 Å². The highest BCUT2D eigenvalue weighted by molar-refractivity contribution is 6.10. The second kappa shape index (κ2) is 6.63. The summed E-state index contributed by atoms with van der Waals surface area (Å²) in [6.07, 6.45) is 3.28. The first kappa shape index (κ1) is 16.5. The van der Waals surface area contributed by atoms with E-state index in [-0.39, 0.29) is 18.4 Å². The summed E-state index contributed by atoms with van der Waals surface area (Å²) < 4.78 is 5.07. The molecule has 24 heavy (non-hydrogen) atoms. The third-order valence-electron chi connectivity index (χ3n) is 4.80. The Labute approximate surface area is 141 Å². The summed E-state index contributed by atoms with van der Waals surface area (Å²) in [6, 6.07) is 7.19. The molecule has 2 aliphatic rings. The van der Waals surface area contributed by atoms with Crippen molar-refractivity contribution in [3.05, 3.63) is 24.3 Å². The van der Waals surface area contributed by atoms with Crippen LogP contribution in [-0.4, -0.2) is 30.9 Å². The van der Waals surface area contributed by atoms with E-state index in [0.29, 0.717) is 31.5 Å². The fourth-order valence-electron chi connectivity index (χ4n) is 3.25. The first-order valence-electron chi connectivity index (χ1n) is 8.46. The molecule has 0 radical (unpaired) electrons. The molecule has 1 aromatic carbocycles. The minimum atomic E-state index is -1.06. The summed E-state index contributed by atoms with van der Waals surface area (Å²) in [5.74, 6) is -0.669. The van der Waals surface area contributed by atoms with Gasteiger partial charge >= 0.3 is 5.97 Å². The number of nitrogens with zero attached hydrogens (tertiary/aromatic N) is 1. The molecule has 6 heteroatoms. The van der Waals surface area contributed by atoms with Crippen LogP contribution < -0.4 is 10.2 Å². The minimum absolute atomic E-state index is 0.0977.